The fraction of sp³-hybridized carbons (Fsp3) is 0.407. The Labute approximate surface area is 208 Å². The molecule has 0 spiro atoms. The van der Waals surface area contributed by atoms with Crippen molar-refractivity contribution in [2.45, 2.75) is 13.5 Å². The summed E-state index contributed by atoms with van der Waals surface area (Å²) in [5, 5.41) is 5.46. The number of nitrogens with zero attached hydrogens (tertiary/aromatic N) is 5. The molecule has 0 aliphatic carbocycles. The van der Waals surface area contributed by atoms with E-state index >= 15 is 0 Å². The number of fused-ring (bicyclic) bond motifs is 1. The van der Waals surface area contributed by atoms with Gasteiger partial charge in [-0.05, 0) is 61.6 Å². The molecule has 7 heteroatoms. The first kappa shape index (κ1) is 23.0. The molecule has 0 amide bonds. The summed E-state index contributed by atoms with van der Waals surface area (Å²) in [6.07, 6.45) is 0. The number of nitrogens with one attached hydrogen (secondary N) is 1. The number of benzene rings is 2. The zero-order valence-electron chi connectivity index (χ0n) is 20.2. The summed E-state index contributed by atoms with van der Waals surface area (Å²) in [4.78, 5) is 14.5. The molecule has 0 radical (unpaired) electrons. The van der Waals surface area contributed by atoms with Gasteiger partial charge in [0.05, 0.1) is 5.52 Å². The molecule has 0 saturated carbocycles. The molecule has 0 unspecified atom stereocenters. The molecule has 3 heterocycles. The van der Waals surface area contributed by atoms with Gasteiger partial charge in [-0.2, -0.15) is 0 Å². The van der Waals surface area contributed by atoms with Crippen molar-refractivity contribution in [3.63, 3.8) is 0 Å². The Morgan fingerprint density at radius 1 is 0.912 bits per heavy atom. The minimum absolute atomic E-state index is 0.804. The van der Waals surface area contributed by atoms with Crippen LogP contribution >= 0.6 is 12.2 Å². The molecule has 178 valence electrons. The first-order valence-corrected chi connectivity index (χ1v) is 12.6. The first-order chi connectivity index (χ1) is 16.5. The highest BCUT2D eigenvalue weighted by molar-refractivity contribution is 7.80. The van der Waals surface area contributed by atoms with E-state index in [9.17, 15) is 0 Å². The average Bonchev–Trinajstić information content (AvgIpc) is 2.86. The lowest BCUT2D eigenvalue weighted by atomic mass is 10.1. The summed E-state index contributed by atoms with van der Waals surface area (Å²) in [5.41, 5.74) is 4.69. The van der Waals surface area contributed by atoms with E-state index in [1.54, 1.807) is 0 Å². The van der Waals surface area contributed by atoms with Crippen molar-refractivity contribution < 1.29 is 0 Å². The second-order valence-electron chi connectivity index (χ2n) is 9.50. The average molecular weight is 475 g/mol. The maximum atomic E-state index is 5.77. The van der Waals surface area contributed by atoms with Crippen LogP contribution in [0.3, 0.4) is 0 Å². The summed E-state index contributed by atoms with van der Waals surface area (Å²) < 4.78 is 0. The van der Waals surface area contributed by atoms with Gasteiger partial charge in [-0.25, -0.2) is 4.98 Å². The van der Waals surface area contributed by atoms with E-state index in [1.165, 1.54) is 16.5 Å². The number of pyridine rings is 1. The Balaban J connectivity index is 1.20. The molecule has 34 heavy (non-hydrogen) atoms. The Morgan fingerprint density at radius 2 is 1.65 bits per heavy atom. The third kappa shape index (κ3) is 5.32. The topological polar surface area (TPSA) is 37.9 Å². The molecule has 2 fully saturated rings. The SMILES string of the molecule is Cc1cc(N2CCN(C)CC2)nc2ccc(NC(=S)N3CCN(Cc4ccccc4)CC3)cc12. The van der Waals surface area contributed by atoms with E-state index in [0.29, 0.717) is 0 Å². The van der Waals surface area contributed by atoms with E-state index in [1.807, 2.05) is 0 Å². The lowest BCUT2D eigenvalue weighted by Crippen LogP contribution is -2.49. The molecule has 0 bridgehead atoms. The predicted octanol–water partition coefficient (Wildman–Crippen LogP) is 3.81. The van der Waals surface area contributed by atoms with E-state index in [-0.39, 0.29) is 0 Å². The standard InChI is InChI=1S/C27H34N6S/c1-21-18-26(32-14-10-30(2)11-15-32)29-25-9-8-23(19-24(21)25)28-27(34)33-16-12-31(13-17-33)20-22-6-4-3-5-7-22/h3-9,18-19H,10-17,20H2,1-2H3,(H,28,34). The third-order valence-corrected chi connectivity index (χ3v) is 7.35. The van der Waals surface area contributed by atoms with Crippen LogP contribution < -0.4 is 10.2 Å². The smallest absolute Gasteiger partial charge is 0.173 e. The second-order valence-corrected chi connectivity index (χ2v) is 9.89. The highest BCUT2D eigenvalue weighted by Gasteiger charge is 2.20. The predicted molar refractivity (Wildman–Crippen MR) is 146 cm³/mol. The van der Waals surface area contributed by atoms with Crippen molar-refractivity contribution >= 4 is 39.7 Å². The molecule has 5 rings (SSSR count). The largest absolute Gasteiger partial charge is 0.354 e. The zero-order chi connectivity index (χ0) is 23.5. The van der Waals surface area contributed by atoms with Crippen LogP contribution in [-0.4, -0.2) is 84.2 Å². The van der Waals surface area contributed by atoms with Gasteiger partial charge in [0.2, 0.25) is 0 Å². The van der Waals surface area contributed by atoms with Gasteiger partial charge in [-0.1, -0.05) is 30.3 Å². The summed E-state index contributed by atoms with van der Waals surface area (Å²) >= 11 is 5.77. The zero-order valence-corrected chi connectivity index (χ0v) is 21.0. The van der Waals surface area contributed by atoms with Crippen LogP contribution in [0.2, 0.25) is 0 Å². The fourth-order valence-corrected chi connectivity index (χ4v) is 5.11. The molecule has 2 aliphatic rings. The van der Waals surface area contributed by atoms with Crippen LogP contribution in [0.15, 0.2) is 54.6 Å². The minimum Gasteiger partial charge on any atom is -0.354 e. The molecule has 2 aliphatic heterocycles. The van der Waals surface area contributed by atoms with Crippen molar-refractivity contribution in [1.29, 1.82) is 0 Å². The molecule has 2 saturated heterocycles. The highest BCUT2D eigenvalue weighted by atomic mass is 32.1. The third-order valence-electron chi connectivity index (χ3n) is 6.99. The number of rotatable bonds is 4. The summed E-state index contributed by atoms with van der Waals surface area (Å²) in [5.74, 6) is 1.09. The number of aryl methyl sites for hydroxylation is 1. The van der Waals surface area contributed by atoms with Gasteiger partial charge in [-0.15, -0.1) is 0 Å². The van der Waals surface area contributed by atoms with Gasteiger partial charge in [-0.3, -0.25) is 4.90 Å². The van der Waals surface area contributed by atoms with Crippen molar-refractivity contribution in [2.24, 2.45) is 0 Å². The van der Waals surface area contributed by atoms with Gasteiger partial charge in [0.25, 0.3) is 0 Å². The number of hydrogen-bond acceptors (Lipinski definition) is 5. The minimum atomic E-state index is 0.804. The van der Waals surface area contributed by atoms with Crippen LogP contribution in [0, 0.1) is 6.92 Å². The Hall–Kier alpha value is -2.74. The van der Waals surface area contributed by atoms with Crippen LogP contribution in [0.1, 0.15) is 11.1 Å². The Bertz CT molecular complexity index is 1130. The molecule has 3 aromatic rings. The Morgan fingerprint density at radius 3 is 2.38 bits per heavy atom. The van der Waals surface area contributed by atoms with Crippen molar-refractivity contribution in [1.82, 2.24) is 19.7 Å². The maximum Gasteiger partial charge on any atom is 0.173 e. The van der Waals surface area contributed by atoms with Crippen LogP contribution in [0.4, 0.5) is 11.5 Å². The number of anilines is 2. The fourth-order valence-electron chi connectivity index (χ4n) is 4.80. The molecule has 1 N–H and O–H groups in total. The van der Waals surface area contributed by atoms with Crippen LogP contribution in [0.25, 0.3) is 10.9 Å². The Kier molecular flexibility index (Phi) is 6.94. The second kappa shape index (κ2) is 10.3. The molecule has 6 nitrogen and oxygen atoms in total. The number of thiocarbonyl (C=S) groups is 1. The molecule has 2 aromatic carbocycles. The monoisotopic (exact) mass is 474 g/mol. The summed E-state index contributed by atoms with van der Waals surface area (Å²) in [6, 6.07) is 19.3. The maximum absolute atomic E-state index is 5.77. The molecular formula is C27H34N6S. The number of aromatic nitrogens is 1. The molecule has 0 atom stereocenters. The molecular weight excluding hydrogens is 440 g/mol. The van der Waals surface area contributed by atoms with Gasteiger partial charge in [0.15, 0.2) is 5.11 Å². The lowest BCUT2D eigenvalue weighted by molar-refractivity contribution is 0.177. The van der Waals surface area contributed by atoms with Crippen molar-refractivity contribution in [2.75, 3.05) is 69.6 Å². The van der Waals surface area contributed by atoms with Gasteiger partial charge in [0, 0.05) is 70.0 Å². The number of hydrogen-bond donors (Lipinski definition) is 1. The van der Waals surface area contributed by atoms with Gasteiger partial charge < -0.3 is 20.0 Å². The summed E-state index contributed by atoms with van der Waals surface area (Å²) in [6.45, 7) is 11.3. The van der Waals surface area contributed by atoms with E-state index < -0.39 is 0 Å². The van der Waals surface area contributed by atoms with E-state index in [2.05, 4.69) is 93.5 Å². The molecule has 1 aromatic heterocycles. The van der Waals surface area contributed by atoms with Crippen LogP contribution in [0.5, 0.6) is 0 Å². The van der Waals surface area contributed by atoms with E-state index in [4.69, 9.17) is 17.2 Å². The summed E-state index contributed by atoms with van der Waals surface area (Å²) in [7, 11) is 2.18. The van der Waals surface area contributed by atoms with Crippen molar-refractivity contribution in [3.8, 4) is 0 Å². The normalized spacial score (nSPS) is 17.8. The quantitative estimate of drug-likeness (QED) is 0.577. The van der Waals surface area contributed by atoms with E-state index in [0.717, 1.165) is 81.0 Å². The lowest BCUT2D eigenvalue weighted by Gasteiger charge is -2.36. The van der Waals surface area contributed by atoms with Crippen molar-refractivity contribution in [3.05, 3.63) is 65.7 Å². The number of piperazine rings is 2. The van der Waals surface area contributed by atoms with Crippen LogP contribution in [-0.2, 0) is 6.54 Å². The van der Waals surface area contributed by atoms with Gasteiger partial charge in [0.1, 0.15) is 5.82 Å². The first-order valence-electron chi connectivity index (χ1n) is 12.2. The highest BCUT2D eigenvalue weighted by Crippen LogP contribution is 2.26. The van der Waals surface area contributed by atoms with Gasteiger partial charge >= 0.3 is 0 Å². The number of likely N-dealkylation sites (N-methyl/N-ethyl adjacent to an activating group) is 1.